The van der Waals surface area contributed by atoms with Crippen LogP contribution in [-0.4, -0.2) is 82.9 Å². The van der Waals surface area contributed by atoms with Crippen LogP contribution in [0.4, 0.5) is 4.79 Å². The molecule has 3 heterocycles. The van der Waals surface area contributed by atoms with E-state index in [0.29, 0.717) is 44.2 Å². The summed E-state index contributed by atoms with van der Waals surface area (Å²) >= 11 is 0. The Morgan fingerprint density at radius 3 is 2.72 bits per heavy atom. The van der Waals surface area contributed by atoms with Crippen LogP contribution in [0, 0.1) is 0 Å². The molecule has 0 bridgehead atoms. The summed E-state index contributed by atoms with van der Waals surface area (Å²) in [5.74, 6) is 2.79. The number of ether oxygens (including phenoxy) is 1. The number of H-pyrrole nitrogens is 1. The van der Waals surface area contributed by atoms with Crippen molar-refractivity contribution in [3.8, 4) is 11.6 Å². The number of carbonyl (C=O) groups is 1. The molecule has 2 N–H and O–H groups in total. The van der Waals surface area contributed by atoms with Gasteiger partial charge in [0.2, 0.25) is 5.82 Å². The third-order valence-corrected chi connectivity index (χ3v) is 4.32. The van der Waals surface area contributed by atoms with Crippen LogP contribution in [0.5, 0.6) is 0 Å². The third kappa shape index (κ3) is 6.34. The highest BCUT2D eigenvalue weighted by Gasteiger charge is 2.23. The number of aromatic amines is 1. The number of carbonyl (C=O) groups excluding carboxylic acids is 1. The van der Waals surface area contributed by atoms with Gasteiger partial charge in [-0.1, -0.05) is 0 Å². The molecule has 1 saturated heterocycles. The molecule has 0 atom stereocenters. The average Bonchev–Trinajstić information content (AvgIpc) is 3.39. The Balaban J connectivity index is 0.00000300. The first-order chi connectivity index (χ1) is 13.7. The zero-order valence-corrected chi connectivity index (χ0v) is 19.1. The molecule has 2 aromatic heterocycles. The minimum atomic E-state index is -0.248. The van der Waals surface area contributed by atoms with Crippen LogP contribution >= 0.6 is 24.0 Å². The highest BCUT2D eigenvalue weighted by Crippen LogP contribution is 2.14. The lowest BCUT2D eigenvalue weighted by atomic mass is 10.3. The molecule has 0 saturated carbocycles. The zero-order valence-electron chi connectivity index (χ0n) is 16.8. The Morgan fingerprint density at radius 2 is 2.07 bits per heavy atom. The van der Waals surface area contributed by atoms with Gasteiger partial charge in [-0.2, -0.15) is 5.10 Å². The van der Waals surface area contributed by atoms with Gasteiger partial charge in [-0.05, 0) is 26.0 Å². The lowest BCUT2D eigenvalue weighted by Crippen LogP contribution is -2.54. The summed E-state index contributed by atoms with van der Waals surface area (Å²) in [4.78, 5) is 24.9. The van der Waals surface area contributed by atoms with Crippen LogP contribution in [0.2, 0.25) is 0 Å². The van der Waals surface area contributed by atoms with Crippen LogP contribution in [0.1, 0.15) is 19.7 Å². The van der Waals surface area contributed by atoms with E-state index in [1.807, 2.05) is 19.9 Å². The summed E-state index contributed by atoms with van der Waals surface area (Å²) < 4.78 is 10.4. The number of rotatable bonds is 6. The number of furan rings is 1. The number of aliphatic imine (C=N–C) groups is 1. The Bertz CT molecular complexity index is 770. The molecule has 0 unspecified atom stereocenters. The first-order valence-electron chi connectivity index (χ1n) is 9.61. The molecule has 29 heavy (non-hydrogen) atoms. The van der Waals surface area contributed by atoms with E-state index in [0.717, 1.165) is 31.4 Å². The minimum Gasteiger partial charge on any atom is -0.461 e. The quantitative estimate of drug-likeness (QED) is 0.343. The van der Waals surface area contributed by atoms with Gasteiger partial charge >= 0.3 is 6.09 Å². The number of hydrogen-bond acceptors (Lipinski definition) is 6. The van der Waals surface area contributed by atoms with Crippen molar-refractivity contribution in [3.05, 3.63) is 24.2 Å². The number of nitrogens with one attached hydrogen (secondary N) is 2. The molecule has 10 nitrogen and oxygen atoms in total. The monoisotopic (exact) mass is 517 g/mol. The summed E-state index contributed by atoms with van der Waals surface area (Å²) in [5, 5.41) is 10.4. The fraction of sp³-hybridized carbons (Fsp3) is 0.556. The molecular formula is C18H28IN7O3. The molecule has 0 spiro atoms. The van der Waals surface area contributed by atoms with Crippen LogP contribution in [0.25, 0.3) is 11.6 Å². The summed E-state index contributed by atoms with van der Waals surface area (Å²) in [6.45, 7) is 8.29. The summed E-state index contributed by atoms with van der Waals surface area (Å²) in [5.41, 5.74) is 0. The SMILES string of the molecule is CCNC(=NCCc1nc(-c2ccco2)n[nH]1)N1CCN(C(=O)OCC)CC1.I. The number of aromatic nitrogens is 3. The van der Waals surface area contributed by atoms with Crippen LogP contribution in [0.3, 0.4) is 0 Å². The number of guanidine groups is 1. The number of halogens is 1. The van der Waals surface area contributed by atoms with Crippen molar-refractivity contribution in [1.82, 2.24) is 30.3 Å². The lowest BCUT2D eigenvalue weighted by molar-refractivity contribution is 0.0914. The Morgan fingerprint density at radius 1 is 1.31 bits per heavy atom. The van der Waals surface area contributed by atoms with E-state index in [2.05, 4.69) is 25.4 Å². The molecule has 1 aliphatic heterocycles. The fourth-order valence-corrected chi connectivity index (χ4v) is 2.93. The molecule has 0 aliphatic carbocycles. The number of amides is 1. The zero-order chi connectivity index (χ0) is 19.8. The number of piperazine rings is 1. The van der Waals surface area contributed by atoms with Crippen LogP contribution in [-0.2, 0) is 11.2 Å². The first-order valence-corrected chi connectivity index (χ1v) is 9.61. The normalized spacial score (nSPS) is 14.5. The van der Waals surface area contributed by atoms with Crippen molar-refractivity contribution in [3.63, 3.8) is 0 Å². The van der Waals surface area contributed by atoms with E-state index >= 15 is 0 Å². The Labute approximate surface area is 187 Å². The molecular weight excluding hydrogens is 489 g/mol. The van der Waals surface area contributed by atoms with Gasteiger partial charge in [0.15, 0.2) is 11.7 Å². The minimum absolute atomic E-state index is 0. The van der Waals surface area contributed by atoms with Crippen molar-refractivity contribution in [2.75, 3.05) is 45.9 Å². The van der Waals surface area contributed by atoms with Gasteiger partial charge in [0, 0.05) is 45.7 Å². The summed E-state index contributed by atoms with van der Waals surface area (Å²) in [6.07, 6.45) is 1.99. The van der Waals surface area contributed by atoms with Crippen molar-refractivity contribution in [2.24, 2.45) is 4.99 Å². The largest absolute Gasteiger partial charge is 0.461 e. The van der Waals surface area contributed by atoms with Crippen molar-refractivity contribution < 1.29 is 13.9 Å². The van der Waals surface area contributed by atoms with Crippen LogP contribution in [0.15, 0.2) is 27.8 Å². The average molecular weight is 517 g/mol. The maximum atomic E-state index is 11.8. The predicted octanol–water partition coefficient (Wildman–Crippen LogP) is 1.96. The second kappa shape index (κ2) is 11.6. The van der Waals surface area contributed by atoms with E-state index in [4.69, 9.17) is 14.1 Å². The Kier molecular flexibility index (Phi) is 9.22. The molecule has 160 valence electrons. The summed E-state index contributed by atoms with van der Waals surface area (Å²) in [7, 11) is 0. The summed E-state index contributed by atoms with van der Waals surface area (Å²) in [6, 6.07) is 3.63. The van der Waals surface area contributed by atoms with Crippen molar-refractivity contribution in [2.45, 2.75) is 20.3 Å². The maximum absolute atomic E-state index is 11.8. The second-order valence-electron chi connectivity index (χ2n) is 6.24. The van der Waals surface area contributed by atoms with Crippen molar-refractivity contribution >= 4 is 36.0 Å². The number of hydrogen-bond donors (Lipinski definition) is 2. The molecule has 2 aromatic rings. The van der Waals surface area contributed by atoms with E-state index in [9.17, 15) is 4.79 Å². The molecule has 0 radical (unpaired) electrons. The van der Waals surface area contributed by atoms with Gasteiger partial charge < -0.3 is 24.3 Å². The maximum Gasteiger partial charge on any atom is 0.409 e. The third-order valence-electron chi connectivity index (χ3n) is 4.32. The van der Waals surface area contributed by atoms with E-state index < -0.39 is 0 Å². The highest BCUT2D eigenvalue weighted by molar-refractivity contribution is 14.0. The fourth-order valence-electron chi connectivity index (χ4n) is 2.93. The standard InChI is InChI=1S/C18H27N7O3.HI/c1-3-19-17(24-9-11-25(12-10-24)18(26)27-4-2)20-8-7-15-21-16(23-22-15)14-6-5-13-28-14;/h5-6,13H,3-4,7-12H2,1-2H3,(H,19,20)(H,21,22,23);1H. The van der Waals surface area contributed by atoms with E-state index in [1.54, 1.807) is 17.2 Å². The van der Waals surface area contributed by atoms with Crippen molar-refractivity contribution in [1.29, 1.82) is 0 Å². The smallest absolute Gasteiger partial charge is 0.409 e. The van der Waals surface area contributed by atoms with Gasteiger partial charge in [0.05, 0.1) is 12.9 Å². The van der Waals surface area contributed by atoms with Crippen LogP contribution < -0.4 is 5.32 Å². The molecule has 1 aliphatic rings. The van der Waals surface area contributed by atoms with Gasteiger partial charge in [-0.25, -0.2) is 9.78 Å². The number of nitrogens with zero attached hydrogens (tertiary/aromatic N) is 5. The Hall–Kier alpha value is -2.31. The predicted molar refractivity (Wildman–Crippen MR) is 119 cm³/mol. The van der Waals surface area contributed by atoms with Gasteiger partial charge in [-0.3, -0.25) is 10.1 Å². The molecule has 11 heteroatoms. The molecule has 1 fully saturated rings. The van der Waals surface area contributed by atoms with Gasteiger partial charge in [-0.15, -0.1) is 24.0 Å². The lowest BCUT2D eigenvalue weighted by Gasteiger charge is -2.35. The second-order valence-corrected chi connectivity index (χ2v) is 6.24. The highest BCUT2D eigenvalue weighted by atomic mass is 127. The molecule has 1 amide bonds. The molecule has 3 rings (SSSR count). The van der Waals surface area contributed by atoms with E-state index in [-0.39, 0.29) is 30.1 Å². The van der Waals surface area contributed by atoms with Gasteiger partial charge in [0.25, 0.3) is 0 Å². The van der Waals surface area contributed by atoms with Gasteiger partial charge in [0.1, 0.15) is 5.82 Å². The molecule has 0 aromatic carbocycles. The first kappa shape index (κ1) is 23.0. The van der Waals surface area contributed by atoms with E-state index in [1.165, 1.54) is 0 Å². The topological polar surface area (TPSA) is 112 Å².